The first-order valence-corrected chi connectivity index (χ1v) is 5.86. The molecule has 17 heavy (non-hydrogen) atoms. The van der Waals surface area contributed by atoms with Gasteiger partial charge in [-0.25, -0.2) is 0 Å². The first-order chi connectivity index (χ1) is 8.09. The molecule has 3 heteroatoms. The van der Waals surface area contributed by atoms with Crippen LogP contribution in [0.25, 0.3) is 10.8 Å². The fraction of sp³-hybridized carbons (Fsp3) is 0.357. The Bertz CT molecular complexity index is 556. The third-order valence-electron chi connectivity index (χ3n) is 2.58. The van der Waals surface area contributed by atoms with Gasteiger partial charge in [0.1, 0.15) is 0 Å². The average Bonchev–Trinajstić information content (AvgIpc) is 2.36. The quantitative estimate of drug-likeness (QED) is 0.755. The number of anilines is 1. The first-order valence-electron chi connectivity index (χ1n) is 5.86. The van der Waals surface area contributed by atoms with Crippen LogP contribution in [0.5, 0.6) is 0 Å². The molecule has 0 atom stereocenters. The number of hydrogen-bond acceptors (Lipinski definition) is 2. The zero-order valence-electron chi connectivity index (χ0n) is 11.2. The van der Waals surface area contributed by atoms with E-state index < -0.39 is 0 Å². The Morgan fingerprint density at radius 1 is 1.12 bits per heavy atom. The average molecular weight is 232 g/mol. The van der Waals surface area contributed by atoms with Gasteiger partial charge in [-0.2, -0.15) is 0 Å². The molecule has 0 unspecified atom stereocenters. The predicted molar refractivity (Wildman–Crippen MR) is 74.9 cm³/mol. The van der Waals surface area contributed by atoms with Crippen molar-refractivity contribution < 1.29 is 0 Å². The predicted octanol–water partition coefficient (Wildman–Crippen LogP) is 2.63. The molecule has 0 bridgehead atoms. The van der Waals surface area contributed by atoms with E-state index in [0.29, 0.717) is 0 Å². The molecule has 0 radical (unpaired) electrons. The lowest BCUT2D eigenvalue weighted by molar-refractivity contribution is 0.873. The van der Waals surface area contributed by atoms with E-state index in [1.54, 1.807) is 17.8 Å². The number of aromatic nitrogens is 1. The highest BCUT2D eigenvalue weighted by molar-refractivity contribution is 5.84. The first kappa shape index (κ1) is 13.3. The van der Waals surface area contributed by atoms with Crippen molar-refractivity contribution in [1.82, 2.24) is 4.57 Å². The van der Waals surface area contributed by atoms with Crippen molar-refractivity contribution in [3.05, 3.63) is 40.8 Å². The van der Waals surface area contributed by atoms with Crippen LogP contribution in [0.4, 0.5) is 5.69 Å². The molecule has 1 aromatic carbocycles. The lowest BCUT2D eigenvalue weighted by Crippen LogP contribution is -2.16. The smallest absolute Gasteiger partial charge is 0.258 e. The van der Waals surface area contributed by atoms with Crippen LogP contribution in [-0.4, -0.2) is 18.7 Å². The lowest BCUT2D eigenvalue weighted by Gasteiger charge is -2.12. The monoisotopic (exact) mass is 232 g/mol. The summed E-state index contributed by atoms with van der Waals surface area (Å²) in [5.41, 5.74) is 1.16. The van der Waals surface area contributed by atoms with Crippen LogP contribution in [0.2, 0.25) is 0 Å². The summed E-state index contributed by atoms with van der Waals surface area (Å²) in [5, 5.41) is 1.76. The van der Waals surface area contributed by atoms with Crippen molar-refractivity contribution in [1.29, 1.82) is 0 Å². The van der Waals surface area contributed by atoms with E-state index in [9.17, 15) is 4.79 Å². The standard InChI is InChI=1S/C12H14N2O.C2H6/c1-13(2)10-4-5-11-9(8-10)6-7-14(3)12(11)15;1-2/h4-8H,1-3H3;1-2H3. The number of benzene rings is 1. The topological polar surface area (TPSA) is 25.2 Å². The molecule has 92 valence electrons. The summed E-state index contributed by atoms with van der Waals surface area (Å²) >= 11 is 0. The van der Waals surface area contributed by atoms with Crippen LogP contribution in [0, 0.1) is 0 Å². The lowest BCUT2D eigenvalue weighted by atomic mass is 10.1. The van der Waals surface area contributed by atoms with E-state index >= 15 is 0 Å². The van der Waals surface area contributed by atoms with Crippen molar-refractivity contribution >= 4 is 16.5 Å². The van der Waals surface area contributed by atoms with Crippen LogP contribution < -0.4 is 10.5 Å². The highest BCUT2D eigenvalue weighted by Gasteiger charge is 2.02. The van der Waals surface area contributed by atoms with Gasteiger partial charge in [-0.15, -0.1) is 0 Å². The largest absolute Gasteiger partial charge is 0.378 e. The van der Waals surface area contributed by atoms with Gasteiger partial charge in [0, 0.05) is 38.4 Å². The summed E-state index contributed by atoms with van der Waals surface area (Å²) in [4.78, 5) is 13.8. The van der Waals surface area contributed by atoms with Gasteiger partial charge in [-0.1, -0.05) is 13.8 Å². The van der Waals surface area contributed by atoms with E-state index in [0.717, 1.165) is 16.5 Å². The Balaban J connectivity index is 0.000000686. The molecule has 1 heterocycles. The summed E-state index contributed by atoms with van der Waals surface area (Å²) < 4.78 is 1.59. The third kappa shape index (κ3) is 2.67. The fourth-order valence-corrected chi connectivity index (χ4v) is 1.61. The molecule has 2 aromatic rings. The number of hydrogen-bond donors (Lipinski definition) is 0. The van der Waals surface area contributed by atoms with Gasteiger partial charge < -0.3 is 9.47 Å². The summed E-state index contributed by atoms with van der Waals surface area (Å²) in [7, 11) is 5.74. The summed E-state index contributed by atoms with van der Waals surface area (Å²) in [5.74, 6) is 0. The van der Waals surface area contributed by atoms with Gasteiger partial charge in [0.15, 0.2) is 0 Å². The summed E-state index contributed by atoms with van der Waals surface area (Å²) in [6.45, 7) is 4.00. The Hall–Kier alpha value is -1.77. The molecule has 0 N–H and O–H groups in total. The zero-order chi connectivity index (χ0) is 13.0. The number of nitrogens with zero attached hydrogens (tertiary/aromatic N) is 2. The second-order valence-corrected chi connectivity index (χ2v) is 3.90. The number of pyridine rings is 1. The van der Waals surface area contributed by atoms with E-state index in [1.807, 2.05) is 57.1 Å². The van der Waals surface area contributed by atoms with Gasteiger partial charge >= 0.3 is 0 Å². The Labute approximate surface area is 102 Å². The maximum absolute atomic E-state index is 11.8. The fourth-order valence-electron chi connectivity index (χ4n) is 1.61. The van der Waals surface area contributed by atoms with Crippen LogP contribution in [0.3, 0.4) is 0 Å². The molecular formula is C14H20N2O. The molecule has 0 saturated carbocycles. The second kappa shape index (κ2) is 5.53. The van der Waals surface area contributed by atoms with Gasteiger partial charge in [-0.3, -0.25) is 4.79 Å². The number of fused-ring (bicyclic) bond motifs is 1. The van der Waals surface area contributed by atoms with E-state index in [-0.39, 0.29) is 5.56 Å². The van der Waals surface area contributed by atoms with E-state index in [4.69, 9.17) is 0 Å². The molecule has 3 nitrogen and oxygen atoms in total. The maximum atomic E-state index is 11.8. The number of rotatable bonds is 1. The van der Waals surface area contributed by atoms with E-state index in [1.165, 1.54) is 0 Å². The van der Waals surface area contributed by atoms with Gasteiger partial charge in [-0.05, 0) is 29.7 Å². The maximum Gasteiger partial charge on any atom is 0.258 e. The molecule has 2 rings (SSSR count). The third-order valence-corrected chi connectivity index (χ3v) is 2.58. The normalized spacial score (nSPS) is 9.71. The Morgan fingerprint density at radius 2 is 1.76 bits per heavy atom. The SMILES string of the molecule is CC.CN(C)c1ccc2c(=O)n(C)ccc2c1. The van der Waals surface area contributed by atoms with Crippen molar-refractivity contribution in [3.63, 3.8) is 0 Å². The molecular weight excluding hydrogens is 212 g/mol. The molecule has 0 spiro atoms. The van der Waals surface area contributed by atoms with Crippen molar-refractivity contribution in [3.8, 4) is 0 Å². The number of aryl methyl sites for hydroxylation is 1. The van der Waals surface area contributed by atoms with Crippen molar-refractivity contribution in [2.75, 3.05) is 19.0 Å². The Kier molecular flexibility index (Phi) is 4.32. The van der Waals surface area contributed by atoms with Crippen LogP contribution in [-0.2, 0) is 7.05 Å². The minimum atomic E-state index is 0.0535. The molecule has 0 saturated heterocycles. The summed E-state index contributed by atoms with van der Waals surface area (Å²) in [6, 6.07) is 7.83. The van der Waals surface area contributed by atoms with Crippen molar-refractivity contribution in [2.24, 2.45) is 7.05 Å². The highest BCUT2D eigenvalue weighted by atomic mass is 16.1. The molecule has 0 aliphatic rings. The van der Waals surface area contributed by atoms with E-state index in [2.05, 4.69) is 0 Å². The molecule has 1 aromatic heterocycles. The van der Waals surface area contributed by atoms with Crippen LogP contribution in [0.15, 0.2) is 35.3 Å². The second-order valence-electron chi connectivity index (χ2n) is 3.90. The highest BCUT2D eigenvalue weighted by Crippen LogP contribution is 2.17. The van der Waals surface area contributed by atoms with Gasteiger partial charge in [0.2, 0.25) is 0 Å². The van der Waals surface area contributed by atoms with Crippen LogP contribution >= 0.6 is 0 Å². The van der Waals surface area contributed by atoms with Gasteiger partial charge in [0.05, 0.1) is 0 Å². The molecule has 0 amide bonds. The minimum Gasteiger partial charge on any atom is -0.378 e. The minimum absolute atomic E-state index is 0.0535. The zero-order valence-corrected chi connectivity index (χ0v) is 11.2. The molecule has 0 aliphatic carbocycles. The van der Waals surface area contributed by atoms with Crippen LogP contribution in [0.1, 0.15) is 13.8 Å². The summed E-state index contributed by atoms with van der Waals surface area (Å²) in [6.07, 6.45) is 1.80. The molecule has 0 fully saturated rings. The van der Waals surface area contributed by atoms with Crippen molar-refractivity contribution in [2.45, 2.75) is 13.8 Å². The Morgan fingerprint density at radius 3 is 2.35 bits per heavy atom. The van der Waals surface area contributed by atoms with Gasteiger partial charge in [0.25, 0.3) is 5.56 Å². The molecule has 0 aliphatic heterocycles.